The number of hydrogen-bond acceptors (Lipinski definition) is 2. The molecule has 7 heteroatoms. The molecule has 21 heavy (non-hydrogen) atoms. The summed E-state index contributed by atoms with van der Waals surface area (Å²) in [5.74, 6) is 0. The Bertz CT molecular complexity index is 824. The first kappa shape index (κ1) is 13.9. The molecule has 0 saturated heterocycles. The Labute approximate surface area is 123 Å². The Morgan fingerprint density at radius 1 is 1.10 bits per heavy atom. The zero-order valence-electron chi connectivity index (χ0n) is 10.8. The van der Waals surface area contributed by atoms with E-state index in [1.165, 1.54) is 22.7 Å². The Morgan fingerprint density at radius 2 is 1.86 bits per heavy atom. The molecule has 0 aliphatic rings. The molecule has 108 valence electrons. The number of fused-ring (bicyclic) bond motifs is 1. The van der Waals surface area contributed by atoms with Gasteiger partial charge in [-0.1, -0.05) is 23.7 Å². The lowest BCUT2D eigenvalue weighted by atomic mass is 10.1. The van der Waals surface area contributed by atoms with Gasteiger partial charge in [-0.15, -0.1) is 0 Å². The van der Waals surface area contributed by atoms with Gasteiger partial charge in [-0.3, -0.25) is 4.40 Å². The normalized spacial score (nSPS) is 12.0. The SMILES string of the molecule is Cc1ccc(Cl)nc1-c1c(C(F)(F)F)nc2ccccn12. The number of halogens is 4. The minimum atomic E-state index is -4.57. The lowest BCUT2D eigenvalue weighted by molar-refractivity contribution is -0.140. The predicted molar refractivity (Wildman–Crippen MR) is 73.2 cm³/mol. The van der Waals surface area contributed by atoms with E-state index in [4.69, 9.17) is 11.6 Å². The summed E-state index contributed by atoms with van der Waals surface area (Å²) < 4.78 is 41.2. The number of imidazole rings is 1. The molecule has 0 fully saturated rings. The summed E-state index contributed by atoms with van der Waals surface area (Å²) in [6.07, 6.45) is -3.05. The van der Waals surface area contributed by atoms with Gasteiger partial charge >= 0.3 is 6.18 Å². The van der Waals surface area contributed by atoms with Crippen LogP contribution in [0, 0.1) is 6.92 Å². The molecule has 0 saturated carbocycles. The summed E-state index contributed by atoms with van der Waals surface area (Å²) in [6.45, 7) is 1.68. The van der Waals surface area contributed by atoms with E-state index in [1.807, 2.05) is 0 Å². The van der Waals surface area contributed by atoms with E-state index in [9.17, 15) is 13.2 Å². The van der Waals surface area contributed by atoms with Crippen molar-refractivity contribution in [3.63, 3.8) is 0 Å². The summed E-state index contributed by atoms with van der Waals surface area (Å²) in [4.78, 5) is 7.73. The van der Waals surface area contributed by atoms with Crippen molar-refractivity contribution in [3.8, 4) is 11.4 Å². The van der Waals surface area contributed by atoms with Gasteiger partial charge in [0.15, 0.2) is 5.69 Å². The van der Waals surface area contributed by atoms with Crippen LogP contribution in [0.2, 0.25) is 5.15 Å². The van der Waals surface area contributed by atoms with E-state index in [0.29, 0.717) is 5.56 Å². The van der Waals surface area contributed by atoms with Crippen molar-refractivity contribution in [1.29, 1.82) is 0 Å². The zero-order chi connectivity index (χ0) is 15.2. The fourth-order valence-electron chi connectivity index (χ4n) is 2.16. The molecule has 3 nitrogen and oxygen atoms in total. The first-order valence-corrected chi connectivity index (χ1v) is 6.43. The number of alkyl halides is 3. The standard InChI is InChI=1S/C14H9ClF3N3/c1-8-5-6-9(15)19-11(8)12-13(14(16,17)18)20-10-4-2-3-7-21(10)12/h2-7H,1H3. The first-order valence-electron chi connectivity index (χ1n) is 6.06. The summed E-state index contributed by atoms with van der Waals surface area (Å²) in [5, 5.41) is 0.134. The maximum Gasteiger partial charge on any atom is 0.435 e. The van der Waals surface area contributed by atoms with Crippen molar-refractivity contribution in [2.24, 2.45) is 0 Å². The molecule has 0 radical (unpaired) electrons. The van der Waals surface area contributed by atoms with E-state index in [2.05, 4.69) is 9.97 Å². The van der Waals surface area contributed by atoms with Crippen LogP contribution >= 0.6 is 11.6 Å². The molecular formula is C14H9ClF3N3. The fraction of sp³-hybridized carbons (Fsp3) is 0.143. The second-order valence-corrected chi connectivity index (χ2v) is 4.92. The number of aromatic nitrogens is 3. The molecule has 3 aromatic rings. The minimum Gasteiger partial charge on any atom is -0.298 e. The summed E-state index contributed by atoms with van der Waals surface area (Å²) in [6, 6.07) is 7.95. The van der Waals surface area contributed by atoms with Crippen LogP contribution in [0.1, 0.15) is 11.3 Å². The van der Waals surface area contributed by atoms with E-state index < -0.39 is 11.9 Å². The van der Waals surface area contributed by atoms with E-state index >= 15 is 0 Å². The van der Waals surface area contributed by atoms with Crippen molar-refractivity contribution < 1.29 is 13.2 Å². The van der Waals surface area contributed by atoms with E-state index in [-0.39, 0.29) is 22.2 Å². The molecule has 3 aromatic heterocycles. The third kappa shape index (κ3) is 2.35. The molecule has 3 heterocycles. The molecule has 0 N–H and O–H groups in total. The molecule has 0 amide bonds. The highest BCUT2D eigenvalue weighted by molar-refractivity contribution is 6.29. The quantitative estimate of drug-likeness (QED) is 0.624. The number of nitrogens with zero attached hydrogens (tertiary/aromatic N) is 3. The largest absolute Gasteiger partial charge is 0.435 e. The second kappa shape index (κ2) is 4.73. The predicted octanol–water partition coefficient (Wildman–Crippen LogP) is 4.38. The zero-order valence-corrected chi connectivity index (χ0v) is 11.6. The van der Waals surface area contributed by atoms with Crippen molar-refractivity contribution in [1.82, 2.24) is 14.4 Å². The van der Waals surface area contributed by atoms with Gasteiger partial charge in [0.05, 0.1) is 5.69 Å². The molecule has 0 atom stereocenters. The van der Waals surface area contributed by atoms with Crippen molar-refractivity contribution in [2.45, 2.75) is 13.1 Å². The Balaban J connectivity index is 2.42. The molecule has 0 aliphatic heterocycles. The molecule has 0 bridgehead atoms. The van der Waals surface area contributed by atoms with Gasteiger partial charge in [0.25, 0.3) is 0 Å². The monoisotopic (exact) mass is 311 g/mol. The van der Waals surface area contributed by atoms with Crippen molar-refractivity contribution in [2.75, 3.05) is 0 Å². The van der Waals surface area contributed by atoms with Crippen LogP contribution in [0.25, 0.3) is 17.0 Å². The molecule has 0 aromatic carbocycles. The van der Waals surface area contributed by atoms with Crippen molar-refractivity contribution in [3.05, 3.63) is 52.9 Å². The minimum absolute atomic E-state index is 0.0990. The average Bonchev–Trinajstić information content (AvgIpc) is 2.81. The summed E-state index contributed by atoms with van der Waals surface area (Å²) >= 11 is 5.83. The smallest absolute Gasteiger partial charge is 0.298 e. The van der Waals surface area contributed by atoms with Crippen molar-refractivity contribution >= 4 is 17.2 Å². The fourth-order valence-corrected chi connectivity index (χ4v) is 2.31. The lowest BCUT2D eigenvalue weighted by Gasteiger charge is -2.10. The highest BCUT2D eigenvalue weighted by Crippen LogP contribution is 2.37. The van der Waals surface area contributed by atoms with E-state index in [0.717, 1.165) is 0 Å². The van der Waals surface area contributed by atoms with Gasteiger partial charge in [0.1, 0.15) is 16.5 Å². The van der Waals surface area contributed by atoms with Crippen LogP contribution < -0.4 is 0 Å². The highest BCUT2D eigenvalue weighted by Gasteiger charge is 2.39. The van der Waals surface area contributed by atoms with Gasteiger partial charge in [0, 0.05) is 6.20 Å². The van der Waals surface area contributed by atoms with E-state index in [1.54, 1.807) is 25.1 Å². The molecule has 0 unspecified atom stereocenters. The van der Waals surface area contributed by atoms with Crippen LogP contribution in [0.15, 0.2) is 36.5 Å². The van der Waals surface area contributed by atoms with Gasteiger partial charge < -0.3 is 0 Å². The maximum absolute atomic E-state index is 13.3. The van der Waals surface area contributed by atoms with Crippen LogP contribution in [-0.2, 0) is 6.18 Å². The number of pyridine rings is 2. The highest BCUT2D eigenvalue weighted by atomic mass is 35.5. The second-order valence-electron chi connectivity index (χ2n) is 4.54. The molecule has 0 spiro atoms. The third-order valence-corrected chi connectivity index (χ3v) is 3.30. The Kier molecular flexibility index (Phi) is 3.13. The van der Waals surface area contributed by atoms with Gasteiger partial charge in [0.2, 0.25) is 0 Å². The van der Waals surface area contributed by atoms with Gasteiger partial charge in [-0.05, 0) is 30.7 Å². The molecule has 0 aliphatic carbocycles. The van der Waals surface area contributed by atoms with Crippen LogP contribution in [0.4, 0.5) is 13.2 Å². The summed E-state index contributed by atoms with van der Waals surface area (Å²) in [7, 11) is 0. The maximum atomic E-state index is 13.3. The van der Waals surface area contributed by atoms with Gasteiger partial charge in [-0.25, -0.2) is 9.97 Å². The first-order chi connectivity index (χ1) is 9.88. The molecule has 3 rings (SSSR count). The Morgan fingerprint density at radius 3 is 2.57 bits per heavy atom. The average molecular weight is 312 g/mol. The van der Waals surface area contributed by atoms with Crippen LogP contribution in [0.5, 0.6) is 0 Å². The summed E-state index contributed by atoms with van der Waals surface area (Å²) in [5.41, 5.74) is -0.0882. The van der Waals surface area contributed by atoms with Crippen LogP contribution in [-0.4, -0.2) is 14.4 Å². The Hall–Kier alpha value is -2.08. The number of rotatable bonds is 1. The number of aryl methyl sites for hydroxylation is 1. The third-order valence-electron chi connectivity index (χ3n) is 3.09. The van der Waals surface area contributed by atoms with Crippen LogP contribution in [0.3, 0.4) is 0 Å². The number of hydrogen-bond donors (Lipinski definition) is 0. The lowest BCUT2D eigenvalue weighted by Crippen LogP contribution is -2.09. The molecular weight excluding hydrogens is 303 g/mol. The topological polar surface area (TPSA) is 30.2 Å². The van der Waals surface area contributed by atoms with Gasteiger partial charge in [-0.2, -0.15) is 13.2 Å².